The fourth-order valence-electron chi connectivity index (χ4n) is 3.84. The van der Waals surface area contributed by atoms with E-state index in [0.717, 1.165) is 5.56 Å². The highest BCUT2D eigenvalue weighted by molar-refractivity contribution is 6.35. The minimum atomic E-state index is -0.384. The summed E-state index contributed by atoms with van der Waals surface area (Å²) in [5, 5.41) is 0. The van der Waals surface area contributed by atoms with Crippen LogP contribution in [0.25, 0.3) is 5.57 Å². The lowest BCUT2D eigenvalue weighted by Gasteiger charge is -2.26. The number of rotatable bonds is 12. The maximum atomic E-state index is 13.7. The van der Waals surface area contributed by atoms with Crippen molar-refractivity contribution in [1.29, 1.82) is 0 Å². The molecule has 1 heterocycles. The van der Waals surface area contributed by atoms with E-state index in [9.17, 15) is 9.59 Å². The third-order valence-electron chi connectivity index (χ3n) is 5.49. The number of benzene rings is 2. The summed E-state index contributed by atoms with van der Waals surface area (Å²) >= 11 is 0. The number of hydrogen-bond donors (Lipinski definition) is 0. The molecule has 8 heteroatoms. The highest BCUT2D eigenvalue weighted by Gasteiger charge is 2.42. The van der Waals surface area contributed by atoms with Crippen molar-refractivity contribution < 1.29 is 28.5 Å². The van der Waals surface area contributed by atoms with Gasteiger partial charge in [-0.15, -0.1) is 0 Å². The number of carbonyl (C=O) groups is 2. The van der Waals surface area contributed by atoms with Gasteiger partial charge in [-0.05, 0) is 12.1 Å². The molecule has 0 unspecified atom stereocenters. The van der Waals surface area contributed by atoms with Gasteiger partial charge in [0.15, 0.2) is 0 Å². The van der Waals surface area contributed by atoms with Gasteiger partial charge in [-0.3, -0.25) is 14.5 Å². The van der Waals surface area contributed by atoms with Crippen LogP contribution >= 0.6 is 0 Å². The molecule has 33 heavy (non-hydrogen) atoms. The molecule has 2 amide bonds. The Kier molecular flexibility index (Phi) is 8.46. The first-order valence-corrected chi connectivity index (χ1v) is 10.7. The van der Waals surface area contributed by atoms with Gasteiger partial charge in [0.05, 0.1) is 39.6 Å². The van der Waals surface area contributed by atoms with Crippen molar-refractivity contribution in [1.82, 2.24) is 9.80 Å². The summed E-state index contributed by atoms with van der Waals surface area (Å²) in [5.41, 5.74) is 1.92. The van der Waals surface area contributed by atoms with Gasteiger partial charge in [0.1, 0.15) is 17.2 Å². The molecule has 0 aromatic heterocycles. The van der Waals surface area contributed by atoms with Crippen LogP contribution in [-0.2, 0) is 25.6 Å². The summed E-state index contributed by atoms with van der Waals surface area (Å²) in [6.07, 6.45) is 0. The van der Waals surface area contributed by atoms with Crippen molar-refractivity contribution in [3.05, 3.63) is 65.4 Å². The highest BCUT2D eigenvalue weighted by atomic mass is 16.5. The predicted molar refractivity (Wildman–Crippen MR) is 124 cm³/mol. The number of para-hydroxylation sites is 2. The van der Waals surface area contributed by atoms with Crippen LogP contribution < -0.4 is 9.47 Å². The largest absolute Gasteiger partial charge is 0.496 e. The van der Waals surface area contributed by atoms with Crippen molar-refractivity contribution in [2.24, 2.45) is 0 Å². The molecule has 0 radical (unpaired) electrons. The third kappa shape index (κ3) is 5.18. The molecule has 0 bridgehead atoms. The normalized spacial score (nSPS) is 13.6. The lowest BCUT2D eigenvalue weighted by atomic mass is 10.0. The molecule has 0 fully saturated rings. The number of ether oxygens (including phenoxy) is 4. The van der Waals surface area contributed by atoms with Gasteiger partial charge >= 0.3 is 0 Å². The highest BCUT2D eigenvalue weighted by Crippen LogP contribution is 2.37. The second-order valence-electron chi connectivity index (χ2n) is 7.40. The van der Waals surface area contributed by atoms with Crippen LogP contribution in [0.15, 0.2) is 54.2 Å². The molecule has 0 aliphatic carbocycles. The minimum Gasteiger partial charge on any atom is -0.496 e. The fraction of sp³-hybridized carbons (Fsp3) is 0.360. The van der Waals surface area contributed by atoms with E-state index >= 15 is 0 Å². The first kappa shape index (κ1) is 24.3. The van der Waals surface area contributed by atoms with Crippen LogP contribution in [0.5, 0.6) is 11.5 Å². The van der Waals surface area contributed by atoms with Gasteiger partial charge in [0.25, 0.3) is 11.8 Å². The van der Waals surface area contributed by atoms with E-state index in [1.54, 1.807) is 46.6 Å². The standard InChI is InChI=1S/C25H30N2O6/c1-30-15-13-26(14-16-31-2)23-22(19-10-6-8-12-21(19)33-4)24(28)27(25(23)29)17-18-9-5-7-11-20(18)32-3/h5-12H,13-17H2,1-4H3. The zero-order valence-electron chi connectivity index (χ0n) is 19.5. The molecule has 2 aromatic carbocycles. The maximum absolute atomic E-state index is 13.7. The van der Waals surface area contributed by atoms with E-state index in [1.807, 2.05) is 35.2 Å². The number of amides is 2. The molecule has 3 rings (SSSR count). The lowest BCUT2D eigenvalue weighted by Crippen LogP contribution is -2.37. The van der Waals surface area contributed by atoms with E-state index in [4.69, 9.17) is 18.9 Å². The Morgan fingerprint density at radius 2 is 1.33 bits per heavy atom. The Balaban J connectivity index is 2.10. The van der Waals surface area contributed by atoms with E-state index in [2.05, 4.69) is 0 Å². The van der Waals surface area contributed by atoms with Gasteiger partial charge in [-0.25, -0.2) is 0 Å². The Morgan fingerprint density at radius 3 is 1.94 bits per heavy atom. The molecule has 0 saturated heterocycles. The second-order valence-corrected chi connectivity index (χ2v) is 7.40. The van der Waals surface area contributed by atoms with Crippen LogP contribution in [0.2, 0.25) is 0 Å². The topological polar surface area (TPSA) is 77.5 Å². The quantitative estimate of drug-likeness (QED) is 0.456. The van der Waals surface area contributed by atoms with Gasteiger partial charge < -0.3 is 23.8 Å². The third-order valence-corrected chi connectivity index (χ3v) is 5.49. The summed E-state index contributed by atoms with van der Waals surface area (Å²) in [6, 6.07) is 14.5. The smallest absolute Gasteiger partial charge is 0.278 e. The summed E-state index contributed by atoms with van der Waals surface area (Å²) in [4.78, 5) is 30.5. The molecule has 0 atom stereocenters. The lowest BCUT2D eigenvalue weighted by molar-refractivity contribution is -0.138. The summed E-state index contributed by atoms with van der Waals surface area (Å²) in [6.45, 7) is 1.72. The van der Waals surface area contributed by atoms with Gasteiger partial charge in [0, 0.05) is 38.4 Å². The number of carbonyl (C=O) groups excluding carboxylic acids is 2. The number of nitrogens with zero attached hydrogens (tertiary/aromatic N) is 2. The van der Waals surface area contributed by atoms with E-state index in [1.165, 1.54) is 4.90 Å². The first-order valence-electron chi connectivity index (χ1n) is 10.7. The Labute approximate surface area is 194 Å². The molecule has 0 saturated carbocycles. The van der Waals surface area contributed by atoms with Crippen LogP contribution in [0.1, 0.15) is 11.1 Å². The molecular formula is C25H30N2O6. The number of imide groups is 1. The zero-order chi connectivity index (χ0) is 23.8. The SMILES string of the molecule is COCCN(CCOC)C1=C(c2ccccc2OC)C(=O)N(Cc2ccccc2OC)C1=O. The summed E-state index contributed by atoms with van der Waals surface area (Å²) < 4.78 is 21.5. The molecular weight excluding hydrogens is 424 g/mol. The average molecular weight is 455 g/mol. The Morgan fingerprint density at radius 1 is 0.758 bits per heavy atom. The van der Waals surface area contributed by atoms with Crippen molar-refractivity contribution in [2.45, 2.75) is 6.54 Å². The van der Waals surface area contributed by atoms with Gasteiger partial charge in [-0.1, -0.05) is 36.4 Å². The number of methoxy groups -OCH3 is 4. The molecule has 2 aromatic rings. The summed E-state index contributed by atoms with van der Waals surface area (Å²) in [7, 11) is 6.30. The monoisotopic (exact) mass is 454 g/mol. The minimum absolute atomic E-state index is 0.0895. The molecule has 8 nitrogen and oxygen atoms in total. The van der Waals surface area contributed by atoms with Crippen molar-refractivity contribution in [3.8, 4) is 11.5 Å². The molecule has 176 valence electrons. The van der Waals surface area contributed by atoms with E-state index in [0.29, 0.717) is 54.6 Å². The van der Waals surface area contributed by atoms with Crippen molar-refractivity contribution >= 4 is 17.4 Å². The average Bonchev–Trinajstić information content (AvgIpc) is 3.09. The fourth-order valence-corrected chi connectivity index (χ4v) is 3.84. The van der Waals surface area contributed by atoms with E-state index < -0.39 is 0 Å². The van der Waals surface area contributed by atoms with E-state index in [-0.39, 0.29) is 18.4 Å². The van der Waals surface area contributed by atoms with Crippen LogP contribution in [0.4, 0.5) is 0 Å². The van der Waals surface area contributed by atoms with Crippen LogP contribution in [-0.4, -0.2) is 76.4 Å². The number of hydrogen-bond acceptors (Lipinski definition) is 7. The van der Waals surface area contributed by atoms with Gasteiger partial charge in [0.2, 0.25) is 0 Å². The first-order chi connectivity index (χ1) is 16.1. The van der Waals surface area contributed by atoms with Crippen LogP contribution in [0, 0.1) is 0 Å². The molecule has 1 aliphatic heterocycles. The second kappa shape index (κ2) is 11.5. The maximum Gasteiger partial charge on any atom is 0.278 e. The van der Waals surface area contributed by atoms with Crippen molar-refractivity contribution in [2.75, 3.05) is 54.7 Å². The van der Waals surface area contributed by atoms with Crippen molar-refractivity contribution in [3.63, 3.8) is 0 Å². The molecule has 0 N–H and O–H groups in total. The predicted octanol–water partition coefficient (Wildman–Crippen LogP) is 2.58. The van der Waals surface area contributed by atoms with Crippen LogP contribution in [0.3, 0.4) is 0 Å². The zero-order valence-corrected chi connectivity index (χ0v) is 19.5. The van der Waals surface area contributed by atoms with Gasteiger partial charge in [-0.2, -0.15) is 0 Å². The molecule has 0 spiro atoms. The Bertz CT molecular complexity index is 1010. The molecule has 1 aliphatic rings. The Hall–Kier alpha value is -3.36. The summed E-state index contributed by atoms with van der Waals surface area (Å²) in [5.74, 6) is 0.369.